The van der Waals surface area contributed by atoms with Gasteiger partial charge in [-0.3, -0.25) is 4.79 Å². The van der Waals surface area contributed by atoms with Crippen molar-refractivity contribution in [3.8, 4) is 0 Å². The van der Waals surface area contributed by atoms with E-state index in [4.69, 9.17) is 4.42 Å². The quantitative estimate of drug-likeness (QED) is 0.464. The maximum Gasteiger partial charge on any atom is 0.227 e. The van der Waals surface area contributed by atoms with Crippen LogP contribution >= 0.6 is 0 Å². The zero-order valence-corrected chi connectivity index (χ0v) is 19.1. The molecule has 1 amide bonds. The van der Waals surface area contributed by atoms with Crippen LogP contribution in [0.3, 0.4) is 0 Å². The normalized spacial score (nSPS) is 17.6. The number of anilines is 2. The Morgan fingerprint density at radius 1 is 0.970 bits per heavy atom. The van der Waals surface area contributed by atoms with Gasteiger partial charge in [0.2, 0.25) is 5.91 Å². The molecule has 0 spiro atoms. The average molecular weight is 444 g/mol. The van der Waals surface area contributed by atoms with Gasteiger partial charge in [0.15, 0.2) is 0 Å². The summed E-state index contributed by atoms with van der Waals surface area (Å²) in [5.74, 6) is 1.71. The molecule has 2 N–H and O–H groups in total. The van der Waals surface area contributed by atoms with Crippen LogP contribution in [0.4, 0.5) is 11.4 Å². The van der Waals surface area contributed by atoms with Gasteiger partial charge >= 0.3 is 0 Å². The van der Waals surface area contributed by atoms with E-state index in [0.717, 1.165) is 63.2 Å². The van der Waals surface area contributed by atoms with Gasteiger partial charge in [-0.05, 0) is 74.5 Å². The molecule has 5 heteroatoms. The highest BCUT2D eigenvalue weighted by Gasteiger charge is 2.29. The minimum absolute atomic E-state index is 0.165. The first-order valence-corrected chi connectivity index (χ1v) is 12.2. The molecule has 3 aromatic rings. The van der Waals surface area contributed by atoms with Crippen LogP contribution in [0.15, 0.2) is 77.4 Å². The largest absolute Gasteiger partial charge is 0.469 e. The molecule has 1 aliphatic carbocycles. The molecule has 2 heterocycles. The number of furan rings is 1. The maximum absolute atomic E-state index is 12.1. The molecule has 5 rings (SSSR count). The summed E-state index contributed by atoms with van der Waals surface area (Å²) in [5, 5.41) is 6.86. The second-order valence-corrected chi connectivity index (χ2v) is 9.30. The monoisotopic (exact) mass is 443 g/mol. The number of hydrogen-bond donors (Lipinski definition) is 2. The summed E-state index contributed by atoms with van der Waals surface area (Å²) in [6.45, 7) is 3.02. The number of nitrogens with one attached hydrogen (secondary N) is 2. The molecule has 1 saturated carbocycles. The van der Waals surface area contributed by atoms with Gasteiger partial charge in [0.05, 0.1) is 6.26 Å². The third-order valence-corrected chi connectivity index (χ3v) is 6.88. The molecule has 172 valence electrons. The number of rotatable bonds is 9. The standard InChI is InChI=1S/C28H33N3O2/c32-28(22-11-12-22)30-24-8-4-9-25(20-24)31-17-14-23(15-18-31)29-16-13-26(27-10-5-19-33-27)21-6-2-1-3-7-21/h1-10,19-20,22-23,26,29H,11-18H2,(H,30,32). The van der Waals surface area contributed by atoms with Crippen molar-refractivity contribution in [1.82, 2.24) is 5.32 Å². The van der Waals surface area contributed by atoms with Gasteiger partial charge in [0.1, 0.15) is 5.76 Å². The van der Waals surface area contributed by atoms with Crippen molar-refractivity contribution in [1.29, 1.82) is 0 Å². The fourth-order valence-electron chi connectivity index (χ4n) is 4.79. The number of carbonyl (C=O) groups excluding carboxylic acids is 1. The van der Waals surface area contributed by atoms with Gasteiger partial charge in [0.25, 0.3) is 0 Å². The van der Waals surface area contributed by atoms with Crippen molar-refractivity contribution in [2.24, 2.45) is 5.92 Å². The fourth-order valence-corrected chi connectivity index (χ4v) is 4.79. The van der Waals surface area contributed by atoms with Gasteiger partial charge in [0, 0.05) is 42.3 Å². The molecule has 5 nitrogen and oxygen atoms in total. The summed E-state index contributed by atoms with van der Waals surface area (Å²) >= 11 is 0. The van der Waals surface area contributed by atoms with E-state index in [1.807, 2.05) is 18.2 Å². The van der Waals surface area contributed by atoms with Crippen LogP contribution in [0.25, 0.3) is 0 Å². The summed E-state index contributed by atoms with van der Waals surface area (Å²) in [6, 6.07) is 23.5. The van der Waals surface area contributed by atoms with Crippen LogP contribution in [-0.2, 0) is 4.79 Å². The Hall–Kier alpha value is -3.05. The lowest BCUT2D eigenvalue weighted by Gasteiger charge is -2.34. The lowest BCUT2D eigenvalue weighted by molar-refractivity contribution is -0.117. The van der Waals surface area contributed by atoms with Gasteiger partial charge in [-0.15, -0.1) is 0 Å². The molecular weight excluding hydrogens is 410 g/mol. The van der Waals surface area contributed by atoms with Crippen LogP contribution in [0.1, 0.15) is 49.3 Å². The maximum atomic E-state index is 12.1. The third-order valence-electron chi connectivity index (χ3n) is 6.88. The Kier molecular flexibility index (Phi) is 6.77. The second-order valence-electron chi connectivity index (χ2n) is 9.30. The first kappa shape index (κ1) is 21.8. The zero-order chi connectivity index (χ0) is 22.5. The average Bonchev–Trinajstić information content (AvgIpc) is 3.58. The van der Waals surface area contributed by atoms with Crippen LogP contribution in [0.2, 0.25) is 0 Å². The summed E-state index contributed by atoms with van der Waals surface area (Å²) < 4.78 is 5.75. The van der Waals surface area contributed by atoms with Gasteiger partial charge in [-0.1, -0.05) is 36.4 Å². The summed E-state index contributed by atoms with van der Waals surface area (Å²) in [7, 11) is 0. The Bertz CT molecular complexity index is 1020. The van der Waals surface area contributed by atoms with E-state index < -0.39 is 0 Å². The molecule has 0 radical (unpaired) electrons. The van der Waals surface area contributed by atoms with Gasteiger partial charge in [-0.25, -0.2) is 0 Å². The number of hydrogen-bond acceptors (Lipinski definition) is 4. The Balaban J connectivity index is 1.11. The number of amides is 1. The molecule has 1 atom stereocenters. The van der Waals surface area contributed by atoms with E-state index >= 15 is 0 Å². The molecule has 1 unspecified atom stereocenters. The summed E-state index contributed by atoms with van der Waals surface area (Å²) in [5.41, 5.74) is 3.41. The van der Waals surface area contributed by atoms with Crippen LogP contribution < -0.4 is 15.5 Å². The highest BCUT2D eigenvalue weighted by molar-refractivity contribution is 5.94. The lowest BCUT2D eigenvalue weighted by atomic mass is 9.93. The molecule has 1 aromatic heterocycles. The molecule has 2 aliphatic rings. The van der Waals surface area contributed by atoms with Gasteiger partial charge < -0.3 is 20.0 Å². The minimum Gasteiger partial charge on any atom is -0.469 e. The van der Waals surface area contributed by atoms with E-state index in [0.29, 0.717) is 6.04 Å². The smallest absolute Gasteiger partial charge is 0.227 e. The number of benzene rings is 2. The van der Waals surface area contributed by atoms with Crippen LogP contribution in [0, 0.1) is 5.92 Å². The first-order valence-electron chi connectivity index (χ1n) is 12.2. The SMILES string of the molecule is O=C(Nc1cccc(N2CCC(NCCC(c3ccccc3)c3ccco3)CC2)c1)C1CC1. The van der Waals surface area contributed by atoms with E-state index in [-0.39, 0.29) is 17.7 Å². The van der Waals surface area contributed by atoms with Crippen LogP contribution in [0.5, 0.6) is 0 Å². The predicted octanol–water partition coefficient (Wildman–Crippen LogP) is 5.41. The predicted molar refractivity (Wildman–Crippen MR) is 133 cm³/mol. The summed E-state index contributed by atoms with van der Waals surface area (Å²) in [6.07, 6.45) is 7.07. The third kappa shape index (κ3) is 5.66. The van der Waals surface area contributed by atoms with E-state index in [1.165, 1.54) is 11.3 Å². The highest BCUT2D eigenvalue weighted by atomic mass is 16.3. The fraction of sp³-hybridized carbons (Fsp3) is 0.393. The molecule has 33 heavy (non-hydrogen) atoms. The first-order chi connectivity index (χ1) is 16.3. The Morgan fingerprint density at radius 3 is 2.52 bits per heavy atom. The van der Waals surface area contributed by atoms with E-state index in [2.05, 4.69) is 64.1 Å². The van der Waals surface area contributed by atoms with Crippen LogP contribution in [-0.4, -0.2) is 31.6 Å². The molecule has 2 aromatic carbocycles. The van der Waals surface area contributed by atoms with Gasteiger partial charge in [-0.2, -0.15) is 0 Å². The number of piperidine rings is 1. The molecular formula is C28H33N3O2. The van der Waals surface area contributed by atoms with E-state index in [1.54, 1.807) is 6.26 Å². The minimum atomic E-state index is 0.165. The summed E-state index contributed by atoms with van der Waals surface area (Å²) in [4.78, 5) is 14.5. The van der Waals surface area contributed by atoms with Crippen molar-refractivity contribution < 1.29 is 9.21 Å². The lowest BCUT2D eigenvalue weighted by Crippen LogP contribution is -2.43. The Labute approximate surface area is 196 Å². The van der Waals surface area contributed by atoms with Crippen molar-refractivity contribution in [3.63, 3.8) is 0 Å². The van der Waals surface area contributed by atoms with Crippen molar-refractivity contribution in [2.45, 2.75) is 44.1 Å². The number of carbonyl (C=O) groups is 1. The molecule has 1 aliphatic heterocycles. The van der Waals surface area contributed by atoms with Crippen molar-refractivity contribution in [3.05, 3.63) is 84.3 Å². The topological polar surface area (TPSA) is 57.5 Å². The molecule has 0 bridgehead atoms. The zero-order valence-electron chi connectivity index (χ0n) is 19.1. The van der Waals surface area contributed by atoms with E-state index in [9.17, 15) is 4.79 Å². The molecule has 2 fully saturated rings. The van der Waals surface area contributed by atoms with Crippen molar-refractivity contribution in [2.75, 3.05) is 29.9 Å². The molecule has 1 saturated heterocycles. The second kappa shape index (κ2) is 10.3. The van der Waals surface area contributed by atoms with Crippen molar-refractivity contribution >= 4 is 17.3 Å². The highest BCUT2D eigenvalue weighted by Crippen LogP contribution is 2.31. The Morgan fingerprint density at radius 2 is 1.79 bits per heavy atom. The number of nitrogens with zero attached hydrogens (tertiary/aromatic N) is 1.